The molecule has 0 spiro atoms. The van der Waals surface area contributed by atoms with Gasteiger partial charge in [-0.1, -0.05) is 12.1 Å². The fraction of sp³-hybridized carbons (Fsp3) is 0.400. The van der Waals surface area contributed by atoms with Gasteiger partial charge in [0, 0.05) is 19.8 Å². The molecule has 0 saturated carbocycles. The zero-order valence-electron chi connectivity index (χ0n) is 7.75. The third-order valence-electron chi connectivity index (χ3n) is 1.89. The van der Waals surface area contributed by atoms with Crippen LogP contribution in [0.15, 0.2) is 24.3 Å². The highest BCUT2D eigenvalue weighted by molar-refractivity contribution is 5.45. The first kappa shape index (κ1) is 9.07. The minimum absolute atomic E-state index is 0.724. The quantitative estimate of drug-likeness (QED) is 0.728. The predicted molar refractivity (Wildman–Crippen MR) is 53.5 cm³/mol. The summed E-state index contributed by atoms with van der Waals surface area (Å²) in [6.07, 6.45) is 0.966. The maximum absolute atomic E-state index is 5.45. The second-order valence-corrected chi connectivity index (χ2v) is 3.10. The van der Waals surface area contributed by atoms with E-state index in [9.17, 15) is 0 Å². The van der Waals surface area contributed by atoms with E-state index in [4.69, 9.17) is 5.73 Å². The van der Waals surface area contributed by atoms with E-state index in [1.807, 2.05) is 14.1 Å². The fourth-order valence-corrected chi connectivity index (χ4v) is 1.13. The van der Waals surface area contributed by atoms with Crippen molar-refractivity contribution in [1.29, 1.82) is 0 Å². The van der Waals surface area contributed by atoms with E-state index in [0.717, 1.165) is 13.0 Å². The predicted octanol–water partition coefficient (Wildman–Crippen LogP) is 1.25. The summed E-state index contributed by atoms with van der Waals surface area (Å²) in [6, 6.07) is 8.49. The fourth-order valence-electron chi connectivity index (χ4n) is 1.13. The minimum atomic E-state index is 0.724. The molecule has 0 aromatic heterocycles. The topological polar surface area (TPSA) is 29.3 Å². The summed E-state index contributed by atoms with van der Waals surface area (Å²) in [4.78, 5) is 2.09. The van der Waals surface area contributed by atoms with Crippen LogP contribution in [-0.2, 0) is 6.42 Å². The highest BCUT2D eigenvalue weighted by Crippen LogP contribution is 2.11. The summed E-state index contributed by atoms with van der Waals surface area (Å²) in [7, 11) is 4.08. The molecule has 0 bridgehead atoms. The van der Waals surface area contributed by atoms with Crippen molar-refractivity contribution in [2.24, 2.45) is 5.73 Å². The molecule has 0 aliphatic carbocycles. The molecule has 0 aliphatic heterocycles. The van der Waals surface area contributed by atoms with Gasteiger partial charge in [-0.2, -0.15) is 0 Å². The Morgan fingerprint density at radius 2 is 1.75 bits per heavy atom. The van der Waals surface area contributed by atoms with Crippen LogP contribution in [0.5, 0.6) is 0 Å². The van der Waals surface area contributed by atoms with Crippen molar-refractivity contribution < 1.29 is 0 Å². The molecule has 2 heteroatoms. The smallest absolute Gasteiger partial charge is 0.0361 e. The third kappa shape index (κ3) is 2.24. The van der Waals surface area contributed by atoms with E-state index in [1.165, 1.54) is 11.3 Å². The first-order valence-corrected chi connectivity index (χ1v) is 4.20. The van der Waals surface area contributed by atoms with Gasteiger partial charge >= 0.3 is 0 Å². The van der Waals surface area contributed by atoms with Crippen LogP contribution in [0.3, 0.4) is 0 Å². The Morgan fingerprint density at radius 3 is 2.17 bits per heavy atom. The molecule has 0 atom stereocenters. The van der Waals surface area contributed by atoms with Crippen LogP contribution in [0, 0.1) is 0 Å². The van der Waals surface area contributed by atoms with Crippen molar-refractivity contribution in [3.8, 4) is 0 Å². The van der Waals surface area contributed by atoms with E-state index in [1.54, 1.807) is 0 Å². The lowest BCUT2D eigenvalue weighted by Crippen LogP contribution is -2.08. The van der Waals surface area contributed by atoms with Gasteiger partial charge in [0.1, 0.15) is 0 Å². The molecular formula is C10H16N2. The van der Waals surface area contributed by atoms with Crippen molar-refractivity contribution >= 4 is 5.69 Å². The lowest BCUT2D eigenvalue weighted by Gasteiger charge is -2.12. The van der Waals surface area contributed by atoms with Crippen LogP contribution in [0.25, 0.3) is 0 Å². The van der Waals surface area contributed by atoms with Gasteiger partial charge in [-0.05, 0) is 30.7 Å². The Kier molecular flexibility index (Phi) is 3.11. The maximum atomic E-state index is 5.45. The number of nitrogens with two attached hydrogens (primary N) is 1. The highest BCUT2D eigenvalue weighted by Gasteiger charge is 1.94. The Labute approximate surface area is 74.0 Å². The molecule has 0 radical (unpaired) electrons. The van der Waals surface area contributed by atoms with Crippen molar-refractivity contribution in [3.05, 3.63) is 29.8 Å². The van der Waals surface area contributed by atoms with E-state index < -0.39 is 0 Å². The molecule has 1 aromatic carbocycles. The third-order valence-corrected chi connectivity index (χ3v) is 1.89. The van der Waals surface area contributed by atoms with Crippen LogP contribution in [0.4, 0.5) is 5.69 Å². The number of benzene rings is 1. The van der Waals surface area contributed by atoms with Crippen LogP contribution in [-0.4, -0.2) is 20.6 Å². The molecule has 0 saturated heterocycles. The van der Waals surface area contributed by atoms with Gasteiger partial charge in [0.25, 0.3) is 0 Å². The van der Waals surface area contributed by atoms with Crippen molar-refractivity contribution in [3.63, 3.8) is 0 Å². The monoisotopic (exact) mass is 164 g/mol. The summed E-state index contributed by atoms with van der Waals surface area (Å²) in [5, 5.41) is 0. The number of hydrogen-bond acceptors (Lipinski definition) is 2. The normalized spacial score (nSPS) is 9.92. The van der Waals surface area contributed by atoms with Crippen molar-refractivity contribution in [2.75, 3.05) is 25.5 Å². The maximum Gasteiger partial charge on any atom is 0.0361 e. The molecule has 2 nitrogen and oxygen atoms in total. The average Bonchev–Trinajstić information content (AvgIpc) is 2.06. The molecule has 0 heterocycles. The lowest BCUT2D eigenvalue weighted by molar-refractivity contribution is 0.967. The number of nitrogens with zero attached hydrogens (tertiary/aromatic N) is 1. The number of rotatable bonds is 3. The van der Waals surface area contributed by atoms with Crippen LogP contribution >= 0.6 is 0 Å². The Balaban J connectivity index is 2.71. The second-order valence-electron chi connectivity index (χ2n) is 3.10. The first-order chi connectivity index (χ1) is 5.74. The van der Waals surface area contributed by atoms with Crippen LogP contribution in [0.2, 0.25) is 0 Å². The van der Waals surface area contributed by atoms with E-state index >= 15 is 0 Å². The van der Waals surface area contributed by atoms with E-state index in [2.05, 4.69) is 29.2 Å². The second kappa shape index (κ2) is 4.12. The van der Waals surface area contributed by atoms with Crippen LogP contribution < -0.4 is 10.6 Å². The summed E-state index contributed by atoms with van der Waals surface area (Å²) in [5.74, 6) is 0. The zero-order valence-corrected chi connectivity index (χ0v) is 7.75. The SMILES string of the molecule is CN(C)c1ccc(CCN)cc1. The Morgan fingerprint density at radius 1 is 1.17 bits per heavy atom. The Bertz CT molecular complexity index is 226. The van der Waals surface area contributed by atoms with Gasteiger partial charge in [0.2, 0.25) is 0 Å². The van der Waals surface area contributed by atoms with Crippen molar-refractivity contribution in [2.45, 2.75) is 6.42 Å². The summed E-state index contributed by atoms with van der Waals surface area (Å²) >= 11 is 0. The molecule has 1 aromatic rings. The Hall–Kier alpha value is -1.02. The standard InChI is InChI=1S/C10H16N2/c1-12(2)10-5-3-9(4-6-10)7-8-11/h3-6H,7-8,11H2,1-2H3. The van der Waals surface area contributed by atoms with Gasteiger partial charge in [-0.15, -0.1) is 0 Å². The number of hydrogen-bond donors (Lipinski definition) is 1. The molecule has 66 valence electrons. The summed E-state index contributed by atoms with van der Waals surface area (Å²) < 4.78 is 0. The van der Waals surface area contributed by atoms with Gasteiger partial charge in [-0.25, -0.2) is 0 Å². The number of anilines is 1. The van der Waals surface area contributed by atoms with E-state index in [-0.39, 0.29) is 0 Å². The van der Waals surface area contributed by atoms with Gasteiger partial charge < -0.3 is 10.6 Å². The highest BCUT2D eigenvalue weighted by atomic mass is 15.1. The molecular weight excluding hydrogens is 148 g/mol. The van der Waals surface area contributed by atoms with E-state index in [0.29, 0.717) is 0 Å². The molecule has 12 heavy (non-hydrogen) atoms. The van der Waals surface area contributed by atoms with Crippen LogP contribution in [0.1, 0.15) is 5.56 Å². The average molecular weight is 164 g/mol. The van der Waals surface area contributed by atoms with Gasteiger partial charge in [0.05, 0.1) is 0 Å². The largest absolute Gasteiger partial charge is 0.378 e. The summed E-state index contributed by atoms with van der Waals surface area (Å²) in [5.41, 5.74) is 7.99. The first-order valence-electron chi connectivity index (χ1n) is 4.20. The molecule has 0 unspecified atom stereocenters. The van der Waals surface area contributed by atoms with Crippen molar-refractivity contribution in [1.82, 2.24) is 0 Å². The molecule has 0 amide bonds. The summed E-state index contributed by atoms with van der Waals surface area (Å²) in [6.45, 7) is 0.724. The minimum Gasteiger partial charge on any atom is -0.378 e. The van der Waals surface area contributed by atoms with Gasteiger partial charge in [-0.3, -0.25) is 0 Å². The molecule has 2 N–H and O–H groups in total. The lowest BCUT2D eigenvalue weighted by atomic mass is 10.1. The molecule has 1 rings (SSSR count). The molecule has 0 fully saturated rings. The molecule has 0 aliphatic rings. The zero-order chi connectivity index (χ0) is 8.97. The van der Waals surface area contributed by atoms with Gasteiger partial charge in [0.15, 0.2) is 0 Å².